The Balaban J connectivity index is 2.13. The van der Waals surface area contributed by atoms with E-state index >= 15 is 0 Å². The smallest absolute Gasteiger partial charge is 0.244 e. The molecule has 0 bridgehead atoms. The van der Waals surface area contributed by atoms with Crippen molar-refractivity contribution in [1.82, 2.24) is 10.2 Å². The lowest BCUT2D eigenvalue weighted by molar-refractivity contribution is -0.132. The fraction of sp³-hybridized carbons (Fsp3) is 0.400. The van der Waals surface area contributed by atoms with Crippen molar-refractivity contribution in [1.29, 1.82) is 0 Å². The van der Waals surface area contributed by atoms with Gasteiger partial charge in [-0.25, -0.2) is 0 Å². The number of aliphatic hydroxyl groups excluding tert-OH is 1. The summed E-state index contributed by atoms with van der Waals surface area (Å²) >= 11 is 0. The van der Waals surface area contributed by atoms with Gasteiger partial charge in [-0.3, -0.25) is 10.1 Å². The van der Waals surface area contributed by atoms with E-state index in [2.05, 4.69) is 11.9 Å². The topological polar surface area (TPSA) is 52.6 Å². The Hall–Kier alpha value is -1.65. The summed E-state index contributed by atoms with van der Waals surface area (Å²) in [6, 6.07) is 9.27. The molecule has 1 saturated heterocycles. The lowest BCUT2D eigenvalue weighted by Gasteiger charge is -2.24. The number of hydrogen-bond acceptors (Lipinski definition) is 3. The summed E-state index contributed by atoms with van der Waals surface area (Å²) in [4.78, 5) is 14.2. The molecule has 0 spiro atoms. The molecule has 0 radical (unpaired) electrons. The van der Waals surface area contributed by atoms with Crippen molar-refractivity contribution in [3.8, 4) is 0 Å². The number of carbonyl (C=O) groups excluding carboxylic acids is 1. The minimum absolute atomic E-state index is 0.0181. The molecule has 0 aliphatic carbocycles. The van der Waals surface area contributed by atoms with Crippen LogP contribution in [0.25, 0.3) is 0 Å². The molecule has 19 heavy (non-hydrogen) atoms. The molecule has 2 rings (SSSR count). The van der Waals surface area contributed by atoms with Crippen LogP contribution in [-0.4, -0.2) is 41.7 Å². The minimum Gasteiger partial charge on any atom is -0.391 e. The summed E-state index contributed by atoms with van der Waals surface area (Å²) in [5.41, 5.74) is 0.940. The SMILES string of the molecule is C=CCN[C@H](C(=O)N1CC[C@H](O)C1)c1ccccc1. The zero-order chi connectivity index (χ0) is 13.7. The third-order valence-electron chi connectivity index (χ3n) is 3.32. The summed E-state index contributed by atoms with van der Waals surface area (Å²) in [6.07, 6.45) is 2.01. The predicted octanol–water partition coefficient (Wildman–Crippen LogP) is 1.10. The lowest BCUT2D eigenvalue weighted by atomic mass is 10.1. The Bertz CT molecular complexity index is 433. The van der Waals surface area contributed by atoms with E-state index in [9.17, 15) is 9.90 Å². The van der Waals surface area contributed by atoms with E-state index in [0.717, 1.165) is 5.56 Å². The quantitative estimate of drug-likeness (QED) is 0.779. The van der Waals surface area contributed by atoms with Crippen molar-refractivity contribution in [2.75, 3.05) is 19.6 Å². The van der Waals surface area contributed by atoms with Gasteiger partial charge in [0.1, 0.15) is 6.04 Å². The van der Waals surface area contributed by atoms with E-state index in [4.69, 9.17) is 0 Å². The molecular weight excluding hydrogens is 240 g/mol. The summed E-state index contributed by atoms with van der Waals surface area (Å²) in [5, 5.41) is 12.7. The fourth-order valence-corrected chi connectivity index (χ4v) is 2.32. The number of hydrogen-bond donors (Lipinski definition) is 2. The van der Waals surface area contributed by atoms with Crippen LogP contribution in [0.2, 0.25) is 0 Å². The second-order valence-electron chi connectivity index (χ2n) is 4.77. The molecule has 4 nitrogen and oxygen atoms in total. The van der Waals surface area contributed by atoms with Crippen LogP contribution in [0.15, 0.2) is 43.0 Å². The Morgan fingerprint density at radius 2 is 2.26 bits per heavy atom. The van der Waals surface area contributed by atoms with Crippen molar-refractivity contribution in [3.05, 3.63) is 48.6 Å². The highest BCUT2D eigenvalue weighted by Gasteiger charge is 2.30. The van der Waals surface area contributed by atoms with Gasteiger partial charge in [-0.1, -0.05) is 36.4 Å². The average molecular weight is 260 g/mol. The van der Waals surface area contributed by atoms with Crippen LogP contribution in [0.3, 0.4) is 0 Å². The van der Waals surface area contributed by atoms with Gasteiger partial charge in [0.15, 0.2) is 0 Å². The molecule has 4 heteroatoms. The molecule has 102 valence electrons. The molecule has 1 aliphatic rings. The number of nitrogens with one attached hydrogen (secondary N) is 1. The molecule has 1 heterocycles. The van der Waals surface area contributed by atoms with Gasteiger partial charge in [-0.05, 0) is 12.0 Å². The van der Waals surface area contributed by atoms with Gasteiger partial charge >= 0.3 is 0 Å². The Morgan fingerprint density at radius 3 is 2.84 bits per heavy atom. The highest BCUT2D eigenvalue weighted by molar-refractivity contribution is 5.83. The normalized spacial score (nSPS) is 20.3. The van der Waals surface area contributed by atoms with Crippen LogP contribution < -0.4 is 5.32 Å². The third kappa shape index (κ3) is 3.43. The van der Waals surface area contributed by atoms with Gasteiger partial charge in [-0.2, -0.15) is 0 Å². The highest BCUT2D eigenvalue weighted by atomic mass is 16.3. The van der Waals surface area contributed by atoms with Gasteiger partial charge in [0.2, 0.25) is 5.91 Å². The first-order valence-electron chi connectivity index (χ1n) is 6.58. The Labute approximate surface area is 113 Å². The van der Waals surface area contributed by atoms with Crippen molar-refractivity contribution in [2.45, 2.75) is 18.6 Å². The molecule has 0 saturated carbocycles. The van der Waals surface area contributed by atoms with Crippen LogP contribution in [0.1, 0.15) is 18.0 Å². The van der Waals surface area contributed by atoms with Crippen LogP contribution >= 0.6 is 0 Å². The highest BCUT2D eigenvalue weighted by Crippen LogP contribution is 2.19. The largest absolute Gasteiger partial charge is 0.391 e. The van der Waals surface area contributed by atoms with Crippen molar-refractivity contribution in [2.24, 2.45) is 0 Å². The Kier molecular flexibility index (Phi) is 4.71. The second-order valence-corrected chi connectivity index (χ2v) is 4.77. The average Bonchev–Trinajstić information content (AvgIpc) is 2.87. The number of aliphatic hydroxyl groups is 1. The van der Waals surface area contributed by atoms with Gasteiger partial charge in [0.25, 0.3) is 0 Å². The van der Waals surface area contributed by atoms with Crippen molar-refractivity contribution in [3.63, 3.8) is 0 Å². The van der Waals surface area contributed by atoms with Gasteiger partial charge in [0.05, 0.1) is 6.10 Å². The lowest BCUT2D eigenvalue weighted by Crippen LogP contribution is -2.40. The van der Waals surface area contributed by atoms with Crippen LogP contribution in [-0.2, 0) is 4.79 Å². The molecule has 0 aromatic heterocycles. The van der Waals surface area contributed by atoms with Crippen molar-refractivity contribution < 1.29 is 9.90 Å². The molecular formula is C15H20N2O2. The van der Waals surface area contributed by atoms with Gasteiger partial charge in [-0.15, -0.1) is 6.58 Å². The summed E-state index contributed by atoms with van der Waals surface area (Å²) in [6.45, 7) is 5.29. The number of likely N-dealkylation sites (tertiary alicyclic amines) is 1. The van der Waals surface area contributed by atoms with Crippen LogP contribution in [0.4, 0.5) is 0 Å². The fourth-order valence-electron chi connectivity index (χ4n) is 2.32. The summed E-state index contributed by atoms with van der Waals surface area (Å²) < 4.78 is 0. The van der Waals surface area contributed by atoms with Crippen molar-refractivity contribution >= 4 is 5.91 Å². The monoisotopic (exact) mass is 260 g/mol. The number of nitrogens with zero attached hydrogens (tertiary/aromatic N) is 1. The molecule has 1 aliphatic heterocycles. The number of rotatable bonds is 5. The van der Waals surface area contributed by atoms with Crippen LogP contribution in [0, 0.1) is 0 Å². The summed E-state index contributed by atoms with van der Waals surface area (Å²) in [5.74, 6) is 0.0181. The maximum atomic E-state index is 12.5. The number of β-amino-alcohol motifs (C(OH)–C–C–N with tert-alkyl or cyclic N) is 1. The maximum Gasteiger partial charge on any atom is 0.244 e. The molecule has 1 fully saturated rings. The molecule has 0 unspecified atom stereocenters. The number of carbonyl (C=O) groups is 1. The standard InChI is InChI=1S/C15H20N2O2/c1-2-9-16-14(12-6-4-3-5-7-12)15(19)17-10-8-13(18)11-17/h2-7,13-14,16,18H,1,8-11H2/t13-,14-/m0/s1. The zero-order valence-electron chi connectivity index (χ0n) is 11.0. The molecule has 2 atom stereocenters. The van der Waals surface area contributed by atoms with E-state index in [1.165, 1.54) is 0 Å². The Morgan fingerprint density at radius 1 is 1.53 bits per heavy atom. The van der Waals surface area contributed by atoms with E-state index in [1.54, 1.807) is 11.0 Å². The number of amides is 1. The second kappa shape index (κ2) is 6.50. The molecule has 1 amide bonds. The third-order valence-corrected chi connectivity index (χ3v) is 3.32. The zero-order valence-corrected chi connectivity index (χ0v) is 11.0. The molecule has 1 aromatic carbocycles. The molecule has 1 aromatic rings. The van der Waals surface area contributed by atoms with Gasteiger partial charge < -0.3 is 10.0 Å². The van der Waals surface area contributed by atoms with E-state index in [-0.39, 0.29) is 18.1 Å². The first kappa shape index (κ1) is 13.8. The van der Waals surface area contributed by atoms with E-state index in [0.29, 0.717) is 26.1 Å². The van der Waals surface area contributed by atoms with E-state index < -0.39 is 0 Å². The minimum atomic E-state index is -0.389. The maximum absolute atomic E-state index is 12.5. The first-order chi connectivity index (χ1) is 9.22. The summed E-state index contributed by atoms with van der Waals surface area (Å²) in [7, 11) is 0. The predicted molar refractivity (Wildman–Crippen MR) is 74.6 cm³/mol. The van der Waals surface area contributed by atoms with Gasteiger partial charge in [0, 0.05) is 19.6 Å². The number of benzene rings is 1. The first-order valence-corrected chi connectivity index (χ1v) is 6.58. The molecule has 2 N–H and O–H groups in total. The van der Waals surface area contributed by atoms with E-state index in [1.807, 2.05) is 30.3 Å². The van der Waals surface area contributed by atoms with Crippen LogP contribution in [0.5, 0.6) is 0 Å².